The minimum atomic E-state index is -0.237. The van der Waals surface area contributed by atoms with Crippen LogP contribution in [0.1, 0.15) is 21.5 Å². The van der Waals surface area contributed by atoms with Gasteiger partial charge in [0.25, 0.3) is 5.91 Å². The Bertz CT molecular complexity index is 998. The predicted molar refractivity (Wildman–Crippen MR) is 114 cm³/mol. The minimum absolute atomic E-state index is 0.0333. The van der Waals surface area contributed by atoms with Crippen molar-refractivity contribution in [1.29, 1.82) is 0 Å². The molecule has 0 heterocycles. The molecule has 0 aliphatic carbocycles. The van der Waals surface area contributed by atoms with Crippen molar-refractivity contribution in [2.45, 2.75) is 13.8 Å². The average molecular weight is 388 g/mol. The van der Waals surface area contributed by atoms with E-state index in [9.17, 15) is 9.59 Å². The lowest BCUT2D eigenvalue weighted by molar-refractivity contribution is -0.116. The smallest absolute Gasteiger partial charge is 0.254 e. The molecule has 5 heteroatoms. The normalized spacial score (nSPS) is 10.3. The zero-order valence-corrected chi connectivity index (χ0v) is 16.8. The Morgan fingerprint density at radius 2 is 1.52 bits per heavy atom. The van der Waals surface area contributed by atoms with Crippen molar-refractivity contribution >= 4 is 17.5 Å². The molecule has 0 saturated carbocycles. The van der Waals surface area contributed by atoms with Gasteiger partial charge in [-0.3, -0.25) is 9.59 Å². The molecule has 0 spiro atoms. The van der Waals surface area contributed by atoms with Gasteiger partial charge in [0.05, 0.1) is 6.54 Å². The van der Waals surface area contributed by atoms with Gasteiger partial charge < -0.3 is 15.0 Å². The maximum absolute atomic E-state index is 12.6. The molecule has 0 unspecified atom stereocenters. The molecule has 3 aromatic rings. The van der Waals surface area contributed by atoms with E-state index in [4.69, 9.17) is 4.74 Å². The van der Waals surface area contributed by atoms with Crippen molar-refractivity contribution in [3.05, 3.63) is 89.5 Å². The van der Waals surface area contributed by atoms with E-state index in [1.165, 1.54) is 4.90 Å². The fraction of sp³-hybridized carbons (Fsp3) is 0.167. The van der Waals surface area contributed by atoms with Crippen molar-refractivity contribution < 1.29 is 14.3 Å². The molecule has 0 radical (unpaired) electrons. The minimum Gasteiger partial charge on any atom is -0.457 e. The van der Waals surface area contributed by atoms with Crippen molar-refractivity contribution in [3.8, 4) is 11.5 Å². The Kier molecular flexibility index (Phi) is 6.29. The Balaban J connectivity index is 1.59. The fourth-order valence-corrected chi connectivity index (χ4v) is 2.87. The standard InChI is InChI=1S/C24H24N2O3/c1-17-8-7-11-22(18(17)2)25-23(27)16-26(3)24(28)19-12-14-21(15-13-19)29-20-9-5-4-6-10-20/h4-15H,16H2,1-3H3,(H,25,27). The van der Waals surface area contributed by atoms with Crippen LogP contribution in [0.15, 0.2) is 72.8 Å². The highest BCUT2D eigenvalue weighted by Crippen LogP contribution is 2.22. The summed E-state index contributed by atoms with van der Waals surface area (Å²) < 4.78 is 5.74. The summed E-state index contributed by atoms with van der Waals surface area (Å²) in [7, 11) is 1.61. The molecule has 2 amide bonds. The Morgan fingerprint density at radius 3 is 2.21 bits per heavy atom. The van der Waals surface area contributed by atoms with E-state index < -0.39 is 0 Å². The Morgan fingerprint density at radius 1 is 0.862 bits per heavy atom. The molecular weight excluding hydrogens is 364 g/mol. The first-order valence-electron chi connectivity index (χ1n) is 9.38. The maximum Gasteiger partial charge on any atom is 0.254 e. The summed E-state index contributed by atoms with van der Waals surface area (Å²) in [4.78, 5) is 26.4. The van der Waals surface area contributed by atoms with Crippen molar-refractivity contribution in [2.24, 2.45) is 0 Å². The van der Waals surface area contributed by atoms with Crippen LogP contribution in [0.5, 0.6) is 11.5 Å². The molecule has 3 aromatic carbocycles. The lowest BCUT2D eigenvalue weighted by atomic mass is 10.1. The summed E-state index contributed by atoms with van der Waals surface area (Å²) in [6, 6.07) is 22.0. The van der Waals surface area contributed by atoms with Crippen LogP contribution >= 0.6 is 0 Å². The van der Waals surface area contributed by atoms with Crippen LogP contribution in [-0.2, 0) is 4.79 Å². The molecule has 0 aliphatic rings. The first-order valence-corrected chi connectivity index (χ1v) is 9.38. The summed E-state index contributed by atoms with van der Waals surface area (Å²) in [5.74, 6) is 0.904. The zero-order chi connectivity index (χ0) is 20.8. The Hall–Kier alpha value is -3.60. The number of hydrogen-bond acceptors (Lipinski definition) is 3. The SMILES string of the molecule is Cc1cccc(NC(=O)CN(C)C(=O)c2ccc(Oc3ccccc3)cc2)c1C. The van der Waals surface area contributed by atoms with E-state index in [1.54, 1.807) is 31.3 Å². The van der Waals surface area contributed by atoms with Crippen molar-refractivity contribution in [2.75, 3.05) is 18.9 Å². The summed E-state index contributed by atoms with van der Waals surface area (Å²) in [5, 5.41) is 2.87. The van der Waals surface area contributed by atoms with Crippen LogP contribution in [0.25, 0.3) is 0 Å². The highest BCUT2D eigenvalue weighted by atomic mass is 16.5. The average Bonchev–Trinajstić information content (AvgIpc) is 2.72. The third kappa shape index (κ3) is 5.23. The van der Waals surface area contributed by atoms with Crippen LogP contribution in [-0.4, -0.2) is 30.3 Å². The number of rotatable bonds is 6. The van der Waals surface area contributed by atoms with Gasteiger partial charge in [0.15, 0.2) is 0 Å². The number of ether oxygens (including phenoxy) is 1. The van der Waals surface area contributed by atoms with Gasteiger partial charge in [-0.1, -0.05) is 30.3 Å². The van der Waals surface area contributed by atoms with Crippen LogP contribution in [0.2, 0.25) is 0 Å². The summed E-state index contributed by atoms with van der Waals surface area (Å²) in [6.07, 6.45) is 0. The number of benzene rings is 3. The second kappa shape index (κ2) is 9.06. The number of para-hydroxylation sites is 1. The summed E-state index contributed by atoms with van der Waals surface area (Å²) in [5.41, 5.74) is 3.37. The number of carbonyl (C=O) groups excluding carboxylic acids is 2. The number of nitrogens with one attached hydrogen (secondary N) is 1. The number of anilines is 1. The summed E-state index contributed by atoms with van der Waals surface area (Å²) >= 11 is 0. The highest BCUT2D eigenvalue weighted by Gasteiger charge is 2.16. The molecule has 148 valence electrons. The van der Waals surface area contributed by atoms with E-state index in [1.807, 2.05) is 62.4 Å². The third-order valence-electron chi connectivity index (χ3n) is 4.69. The van der Waals surface area contributed by atoms with Crippen LogP contribution in [0.4, 0.5) is 5.69 Å². The van der Waals surface area contributed by atoms with Crippen LogP contribution in [0, 0.1) is 13.8 Å². The largest absolute Gasteiger partial charge is 0.457 e. The molecular formula is C24H24N2O3. The molecule has 0 fully saturated rings. The van der Waals surface area contributed by atoms with Gasteiger partial charge >= 0.3 is 0 Å². The number of amides is 2. The monoisotopic (exact) mass is 388 g/mol. The molecule has 1 N–H and O–H groups in total. The quantitative estimate of drug-likeness (QED) is 0.659. The van der Waals surface area contributed by atoms with Gasteiger partial charge in [-0.25, -0.2) is 0 Å². The number of likely N-dealkylation sites (N-methyl/N-ethyl adjacent to an activating group) is 1. The van der Waals surface area contributed by atoms with Crippen molar-refractivity contribution in [3.63, 3.8) is 0 Å². The molecule has 29 heavy (non-hydrogen) atoms. The van der Waals surface area contributed by atoms with Gasteiger partial charge in [0.1, 0.15) is 11.5 Å². The second-order valence-electron chi connectivity index (χ2n) is 6.90. The van der Waals surface area contributed by atoms with E-state index in [0.29, 0.717) is 11.3 Å². The van der Waals surface area contributed by atoms with E-state index >= 15 is 0 Å². The molecule has 5 nitrogen and oxygen atoms in total. The molecule has 0 bridgehead atoms. The Labute approximate surface area is 170 Å². The molecule has 0 aromatic heterocycles. The van der Waals surface area contributed by atoms with Crippen LogP contribution < -0.4 is 10.1 Å². The zero-order valence-electron chi connectivity index (χ0n) is 16.8. The predicted octanol–water partition coefficient (Wildman–Crippen LogP) is 4.81. The second-order valence-corrected chi connectivity index (χ2v) is 6.90. The van der Waals surface area contributed by atoms with E-state index in [2.05, 4.69) is 5.32 Å². The molecule has 0 aliphatic heterocycles. The summed E-state index contributed by atoms with van der Waals surface area (Å²) in [6.45, 7) is 3.92. The molecule has 0 atom stereocenters. The van der Waals surface area contributed by atoms with Gasteiger partial charge in [-0.2, -0.15) is 0 Å². The van der Waals surface area contributed by atoms with Gasteiger partial charge in [-0.05, 0) is 67.4 Å². The first-order chi connectivity index (χ1) is 13.9. The third-order valence-corrected chi connectivity index (χ3v) is 4.69. The highest BCUT2D eigenvalue weighted by molar-refractivity contribution is 5.99. The number of hydrogen-bond donors (Lipinski definition) is 1. The molecule has 3 rings (SSSR count). The van der Waals surface area contributed by atoms with Gasteiger partial charge in [0.2, 0.25) is 5.91 Å². The van der Waals surface area contributed by atoms with Crippen molar-refractivity contribution in [1.82, 2.24) is 4.90 Å². The van der Waals surface area contributed by atoms with Gasteiger partial charge in [0, 0.05) is 18.3 Å². The van der Waals surface area contributed by atoms with E-state index in [0.717, 1.165) is 22.6 Å². The van der Waals surface area contributed by atoms with E-state index in [-0.39, 0.29) is 18.4 Å². The molecule has 0 saturated heterocycles. The number of carbonyl (C=O) groups is 2. The number of nitrogens with zero attached hydrogens (tertiary/aromatic N) is 1. The number of aryl methyl sites for hydroxylation is 1. The topological polar surface area (TPSA) is 58.6 Å². The lowest BCUT2D eigenvalue weighted by Gasteiger charge is -2.18. The maximum atomic E-state index is 12.6. The fourth-order valence-electron chi connectivity index (χ4n) is 2.87. The first kappa shape index (κ1) is 20.1. The van der Waals surface area contributed by atoms with Gasteiger partial charge in [-0.15, -0.1) is 0 Å². The van der Waals surface area contributed by atoms with Crippen LogP contribution in [0.3, 0.4) is 0 Å². The lowest BCUT2D eigenvalue weighted by Crippen LogP contribution is -2.35.